The minimum Gasteiger partial charge on any atom is -0.481 e. The second-order valence-electron chi connectivity index (χ2n) is 5.70. The van der Waals surface area contributed by atoms with Crippen molar-refractivity contribution in [1.29, 1.82) is 0 Å². The normalized spacial score (nSPS) is 15.4. The zero-order valence-electron chi connectivity index (χ0n) is 13.2. The molecule has 1 amide bonds. The molecule has 20 heavy (non-hydrogen) atoms. The Morgan fingerprint density at radius 1 is 1.10 bits per heavy atom. The van der Waals surface area contributed by atoms with Crippen LogP contribution in [-0.4, -0.2) is 35.6 Å². The van der Waals surface area contributed by atoms with Gasteiger partial charge < -0.3 is 15.7 Å². The predicted octanol–water partition coefficient (Wildman–Crippen LogP) is 2.16. The summed E-state index contributed by atoms with van der Waals surface area (Å²) in [5.74, 6) is -0.362. The van der Waals surface area contributed by atoms with Gasteiger partial charge in [0.25, 0.3) is 0 Å². The zero-order chi connectivity index (χ0) is 15.5. The van der Waals surface area contributed by atoms with E-state index in [0.29, 0.717) is 12.3 Å². The van der Waals surface area contributed by atoms with E-state index in [-0.39, 0.29) is 24.4 Å². The topological polar surface area (TPSA) is 78.4 Å². The van der Waals surface area contributed by atoms with Crippen molar-refractivity contribution >= 4 is 11.9 Å². The van der Waals surface area contributed by atoms with Gasteiger partial charge in [0.2, 0.25) is 5.91 Å². The van der Waals surface area contributed by atoms with Crippen molar-refractivity contribution in [3.05, 3.63) is 0 Å². The minimum atomic E-state index is -0.748. The van der Waals surface area contributed by atoms with Crippen molar-refractivity contribution in [2.45, 2.75) is 71.9 Å². The highest BCUT2D eigenvalue weighted by molar-refractivity contribution is 5.81. The Morgan fingerprint density at radius 3 is 2.30 bits per heavy atom. The molecule has 5 heteroatoms. The van der Waals surface area contributed by atoms with Crippen LogP contribution in [0.25, 0.3) is 0 Å². The fourth-order valence-electron chi connectivity index (χ4n) is 2.03. The highest BCUT2D eigenvalue weighted by Crippen LogP contribution is 2.09. The van der Waals surface area contributed by atoms with Gasteiger partial charge in [-0.15, -0.1) is 0 Å². The fraction of sp³-hybridized carbons (Fsp3) is 0.867. The molecule has 0 rings (SSSR count). The maximum absolute atomic E-state index is 11.9. The van der Waals surface area contributed by atoms with Crippen LogP contribution >= 0.6 is 0 Å². The van der Waals surface area contributed by atoms with Crippen molar-refractivity contribution in [3.63, 3.8) is 0 Å². The summed E-state index contributed by atoms with van der Waals surface area (Å²) >= 11 is 0. The first-order valence-corrected chi connectivity index (χ1v) is 7.62. The average molecular weight is 286 g/mol. The molecular weight excluding hydrogens is 256 g/mol. The second kappa shape index (κ2) is 10.7. The maximum Gasteiger partial charge on any atom is 0.303 e. The monoisotopic (exact) mass is 286 g/mol. The van der Waals surface area contributed by atoms with Crippen LogP contribution in [0.1, 0.15) is 59.8 Å². The largest absolute Gasteiger partial charge is 0.481 e. The van der Waals surface area contributed by atoms with Crippen molar-refractivity contribution in [1.82, 2.24) is 10.6 Å². The quantitative estimate of drug-likeness (QED) is 0.544. The molecule has 0 aromatic heterocycles. The summed E-state index contributed by atoms with van der Waals surface area (Å²) in [6.45, 7) is 8.75. The third-order valence-electron chi connectivity index (χ3n) is 3.44. The Balaban J connectivity index is 3.78. The molecule has 0 spiro atoms. The van der Waals surface area contributed by atoms with E-state index < -0.39 is 5.97 Å². The third-order valence-corrected chi connectivity index (χ3v) is 3.44. The van der Waals surface area contributed by atoms with Crippen molar-refractivity contribution in [2.24, 2.45) is 5.92 Å². The van der Waals surface area contributed by atoms with Gasteiger partial charge in [-0.2, -0.15) is 0 Å². The number of amides is 1. The minimum absolute atomic E-state index is 0.0316. The fourth-order valence-corrected chi connectivity index (χ4v) is 2.03. The molecule has 0 radical (unpaired) electrons. The van der Waals surface area contributed by atoms with Crippen molar-refractivity contribution in [3.8, 4) is 0 Å². The Kier molecular flexibility index (Phi) is 10.1. The van der Waals surface area contributed by atoms with Crippen LogP contribution in [0.3, 0.4) is 0 Å². The molecule has 3 N–H and O–H groups in total. The number of carboxylic acids is 1. The molecule has 0 bridgehead atoms. The zero-order valence-corrected chi connectivity index (χ0v) is 13.2. The predicted molar refractivity (Wildman–Crippen MR) is 80.6 cm³/mol. The van der Waals surface area contributed by atoms with Crippen LogP contribution in [0, 0.1) is 5.92 Å². The van der Waals surface area contributed by atoms with Crippen LogP contribution in [0.2, 0.25) is 0 Å². The Labute approximate surface area is 122 Å². The van der Waals surface area contributed by atoms with E-state index in [1.165, 1.54) is 0 Å². The van der Waals surface area contributed by atoms with E-state index in [1.807, 2.05) is 20.8 Å². The van der Waals surface area contributed by atoms with Crippen LogP contribution < -0.4 is 10.6 Å². The van der Waals surface area contributed by atoms with Gasteiger partial charge in [0, 0.05) is 12.5 Å². The van der Waals surface area contributed by atoms with Gasteiger partial charge >= 0.3 is 5.97 Å². The summed E-state index contributed by atoms with van der Waals surface area (Å²) in [6, 6.07) is 0.00669. The van der Waals surface area contributed by atoms with Crippen LogP contribution in [0.4, 0.5) is 0 Å². The molecule has 0 aromatic carbocycles. The molecule has 0 aromatic rings. The Bertz CT molecular complexity index is 295. The molecule has 0 aliphatic carbocycles. The lowest BCUT2D eigenvalue weighted by Gasteiger charge is -2.19. The highest BCUT2D eigenvalue weighted by Gasteiger charge is 2.14. The van der Waals surface area contributed by atoms with E-state index in [4.69, 9.17) is 5.11 Å². The number of aliphatic carboxylic acids is 1. The standard InChI is InChI=1S/C15H30N2O3/c1-5-6-12(3)17-15(20)13(4)16-10-9-11(2)7-8-14(18)19/h11-13,16H,5-10H2,1-4H3,(H,17,20)(H,18,19). The van der Waals surface area contributed by atoms with E-state index in [2.05, 4.69) is 17.6 Å². The number of rotatable bonds is 11. The second-order valence-corrected chi connectivity index (χ2v) is 5.70. The lowest BCUT2D eigenvalue weighted by atomic mass is 10.0. The number of carbonyl (C=O) groups is 2. The van der Waals surface area contributed by atoms with E-state index in [0.717, 1.165) is 25.8 Å². The Morgan fingerprint density at radius 2 is 1.75 bits per heavy atom. The van der Waals surface area contributed by atoms with Crippen LogP contribution in [-0.2, 0) is 9.59 Å². The molecule has 0 aliphatic rings. The molecule has 0 fully saturated rings. The highest BCUT2D eigenvalue weighted by atomic mass is 16.4. The number of hydrogen-bond acceptors (Lipinski definition) is 3. The number of carboxylic acid groups (broad SMARTS) is 1. The maximum atomic E-state index is 11.9. The summed E-state index contributed by atoms with van der Waals surface area (Å²) in [5.41, 5.74) is 0. The van der Waals surface area contributed by atoms with Crippen molar-refractivity contribution in [2.75, 3.05) is 6.54 Å². The average Bonchev–Trinajstić information content (AvgIpc) is 2.36. The third kappa shape index (κ3) is 9.78. The summed E-state index contributed by atoms with van der Waals surface area (Å²) in [5, 5.41) is 14.8. The van der Waals surface area contributed by atoms with Gasteiger partial charge in [-0.1, -0.05) is 20.3 Å². The van der Waals surface area contributed by atoms with Gasteiger partial charge in [0.05, 0.1) is 6.04 Å². The van der Waals surface area contributed by atoms with E-state index in [1.54, 1.807) is 0 Å². The first-order chi connectivity index (χ1) is 9.36. The van der Waals surface area contributed by atoms with E-state index >= 15 is 0 Å². The molecule has 118 valence electrons. The molecule has 0 heterocycles. The van der Waals surface area contributed by atoms with Gasteiger partial charge in [-0.25, -0.2) is 0 Å². The molecule has 0 saturated heterocycles. The number of nitrogens with one attached hydrogen (secondary N) is 2. The molecule has 5 nitrogen and oxygen atoms in total. The molecule has 0 saturated carbocycles. The summed E-state index contributed by atoms with van der Waals surface area (Å²) in [7, 11) is 0. The molecule has 3 atom stereocenters. The first kappa shape index (κ1) is 18.9. The van der Waals surface area contributed by atoms with Crippen LogP contribution in [0.15, 0.2) is 0 Å². The summed E-state index contributed by atoms with van der Waals surface area (Å²) in [6.07, 6.45) is 3.83. The lowest BCUT2D eigenvalue weighted by Crippen LogP contribution is -2.45. The van der Waals surface area contributed by atoms with Gasteiger partial charge in [-0.05, 0) is 45.6 Å². The number of hydrogen-bond donors (Lipinski definition) is 3. The summed E-state index contributed by atoms with van der Waals surface area (Å²) < 4.78 is 0. The van der Waals surface area contributed by atoms with Crippen LogP contribution in [0.5, 0.6) is 0 Å². The number of carbonyl (C=O) groups excluding carboxylic acids is 1. The molecule has 0 aliphatic heterocycles. The van der Waals surface area contributed by atoms with Gasteiger partial charge in [-0.3, -0.25) is 9.59 Å². The van der Waals surface area contributed by atoms with Gasteiger partial charge in [0.1, 0.15) is 0 Å². The molecule has 3 unspecified atom stereocenters. The summed E-state index contributed by atoms with van der Waals surface area (Å²) in [4.78, 5) is 22.3. The molecular formula is C15H30N2O3. The smallest absolute Gasteiger partial charge is 0.303 e. The first-order valence-electron chi connectivity index (χ1n) is 7.62. The SMILES string of the molecule is CCCC(C)NC(=O)C(C)NCCC(C)CCC(=O)O. The lowest BCUT2D eigenvalue weighted by molar-refractivity contribution is -0.137. The Hall–Kier alpha value is -1.10. The van der Waals surface area contributed by atoms with Gasteiger partial charge in [0.15, 0.2) is 0 Å². The van der Waals surface area contributed by atoms with Crippen molar-refractivity contribution < 1.29 is 14.7 Å². The van der Waals surface area contributed by atoms with E-state index in [9.17, 15) is 9.59 Å².